The van der Waals surface area contributed by atoms with Crippen LogP contribution in [0.15, 0.2) is 73.1 Å². The number of likely N-dealkylation sites (N-methyl/N-ethyl adjacent to an activating group) is 1. The highest BCUT2D eigenvalue weighted by Crippen LogP contribution is 2.35. The third kappa shape index (κ3) is 17.8. The highest BCUT2D eigenvalue weighted by Gasteiger charge is 2.44. The molecule has 0 radical (unpaired) electrons. The molecule has 8 rings (SSSR count). The average molecular weight is 1110 g/mol. The summed E-state index contributed by atoms with van der Waals surface area (Å²) in [5.74, 6) is 2.51. The van der Waals surface area contributed by atoms with Gasteiger partial charge in [0.25, 0.3) is 0 Å². The molecule has 2 aromatic heterocycles. The topological polar surface area (TPSA) is 207 Å². The van der Waals surface area contributed by atoms with Crippen LogP contribution in [-0.4, -0.2) is 201 Å². The number of hydrogen-bond acceptors (Lipinski definition) is 15. The molecule has 2 saturated heterocycles. The van der Waals surface area contributed by atoms with Gasteiger partial charge in [0.2, 0.25) is 17.8 Å². The lowest BCUT2D eigenvalue weighted by molar-refractivity contribution is -0.141. The molecule has 4 fully saturated rings. The van der Waals surface area contributed by atoms with Crippen LogP contribution in [0.1, 0.15) is 88.7 Å². The number of amides is 3. The van der Waals surface area contributed by atoms with Gasteiger partial charge in [-0.05, 0) is 112 Å². The number of fused-ring (bicyclic) bond motifs is 1. The molecule has 4 aromatic rings. The normalized spacial score (nSPS) is 20.4. The van der Waals surface area contributed by atoms with Crippen molar-refractivity contribution in [1.82, 2.24) is 39.8 Å². The fraction of sp³-hybridized carbons (Fsp3) is 0.633. The third-order valence-corrected chi connectivity index (χ3v) is 16.4. The van der Waals surface area contributed by atoms with Gasteiger partial charge in [0, 0.05) is 59.1 Å². The van der Waals surface area contributed by atoms with Crippen LogP contribution in [0.4, 0.5) is 16.6 Å². The number of rotatable bonds is 31. The van der Waals surface area contributed by atoms with Gasteiger partial charge >= 0.3 is 6.09 Å². The summed E-state index contributed by atoms with van der Waals surface area (Å²) >= 11 is 0. The molecule has 80 heavy (non-hydrogen) atoms. The smallest absolute Gasteiger partial charge is 0.407 e. The Kier molecular flexibility index (Phi) is 23.6. The maximum absolute atomic E-state index is 14.3. The molecule has 0 spiro atoms. The van der Waals surface area contributed by atoms with Crippen molar-refractivity contribution in [3.8, 4) is 17.0 Å². The van der Waals surface area contributed by atoms with E-state index in [4.69, 9.17) is 38.5 Å². The van der Waals surface area contributed by atoms with E-state index in [9.17, 15) is 19.5 Å². The molecule has 2 unspecified atom stereocenters. The summed E-state index contributed by atoms with van der Waals surface area (Å²) in [7, 11) is 5.45. The van der Waals surface area contributed by atoms with Crippen LogP contribution in [-0.2, 0) is 46.2 Å². The second-order valence-corrected chi connectivity index (χ2v) is 22.1. The quantitative estimate of drug-likeness (QED) is 0.0440. The molecule has 3 amide bonds. The lowest BCUT2D eigenvalue weighted by Gasteiger charge is -2.41. The maximum Gasteiger partial charge on any atom is 0.407 e. The minimum Gasteiger partial charge on any atom is -0.491 e. The van der Waals surface area contributed by atoms with E-state index in [2.05, 4.69) is 49.7 Å². The van der Waals surface area contributed by atoms with E-state index >= 15 is 0 Å². The molecule has 20 nitrogen and oxygen atoms in total. The number of nitrogens with zero attached hydrogens (tertiary/aromatic N) is 8. The second-order valence-electron chi connectivity index (χ2n) is 22.1. The van der Waals surface area contributed by atoms with Crippen molar-refractivity contribution in [3.63, 3.8) is 0 Å². The van der Waals surface area contributed by atoms with Crippen molar-refractivity contribution >= 4 is 29.7 Å². The molecule has 4 aliphatic rings. The molecule has 438 valence electrons. The first-order chi connectivity index (χ1) is 39.0. The van der Waals surface area contributed by atoms with Gasteiger partial charge in [-0.1, -0.05) is 61.7 Å². The van der Waals surface area contributed by atoms with E-state index in [1.165, 1.54) is 18.2 Å². The van der Waals surface area contributed by atoms with E-state index in [-0.39, 0.29) is 30.0 Å². The van der Waals surface area contributed by atoms with Crippen molar-refractivity contribution < 1.29 is 47.9 Å². The van der Waals surface area contributed by atoms with Gasteiger partial charge in [0.1, 0.15) is 30.3 Å². The van der Waals surface area contributed by atoms with Gasteiger partial charge in [0.15, 0.2) is 0 Å². The number of ether oxygens (including phenoxy) is 6. The molecule has 2 aliphatic heterocycles. The lowest BCUT2D eigenvalue weighted by Crippen LogP contribution is -2.59. The summed E-state index contributed by atoms with van der Waals surface area (Å²) in [6, 6.07) is 19.4. The lowest BCUT2D eigenvalue weighted by atomic mass is 9.83. The number of benzene rings is 2. The molecule has 3 N–H and O–H groups in total. The monoisotopic (exact) mass is 1110 g/mol. The summed E-state index contributed by atoms with van der Waals surface area (Å²) in [6.45, 7) is 10.6. The maximum atomic E-state index is 14.3. The summed E-state index contributed by atoms with van der Waals surface area (Å²) in [6.07, 6.45) is 14.5. The largest absolute Gasteiger partial charge is 0.491 e. The highest BCUT2D eigenvalue weighted by atomic mass is 16.6. The Balaban J connectivity index is 0.611. The summed E-state index contributed by atoms with van der Waals surface area (Å²) in [5, 5.41) is 20.8. The predicted octanol–water partition coefficient (Wildman–Crippen LogP) is 6.87. The summed E-state index contributed by atoms with van der Waals surface area (Å²) in [4.78, 5) is 56.2. The number of carbonyl (C=O) groups is 3. The Hall–Kier alpha value is -5.90. The molecule has 2 saturated carbocycles. The van der Waals surface area contributed by atoms with Gasteiger partial charge in [-0.25, -0.2) is 19.4 Å². The van der Waals surface area contributed by atoms with Gasteiger partial charge < -0.3 is 58.9 Å². The highest BCUT2D eigenvalue weighted by molar-refractivity contribution is 5.91. The Morgan fingerprint density at radius 3 is 2.09 bits per heavy atom. The van der Waals surface area contributed by atoms with Crippen molar-refractivity contribution in [2.45, 2.75) is 121 Å². The number of likely N-dealkylation sites (tertiary alicyclic amines) is 2. The van der Waals surface area contributed by atoms with E-state index in [1.807, 2.05) is 72.5 Å². The van der Waals surface area contributed by atoms with Crippen molar-refractivity contribution in [3.05, 3.63) is 84.2 Å². The second kappa shape index (κ2) is 31.3. The minimum absolute atomic E-state index is 0.00777. The van der Waals surface area contributed by atoms with Crippen LogP contribution < -0.4 is 20.3 Å². The number of carboxylic acid groups (broad SMARTS) is 1. The van der Waals surface area contributed by atoms with Crippen LogP contribution in [0.2, 0.25) is 0 Å². The fourth-order valence-corrected chi connectivity index (χ4v) is 11.7. The van der Waals surface area contributed by atoms with Gasteiger partial charge in [0.05, 0.1) is 89.6 Å². The SMILES string of the molecule is C[C@@H](C(=O)N[C@H](C(=O)N1CCC2CCN(CCc3ccc(OCCOCCOCCOCCOCCOC4CCC(Nc5nccc(-c6cnn(Cc7ccccc7)c6N(C)C)n5)CC4)cc3)CC21)C1CCCCC1)N(C)C(=O)O. The molecule has 0 bridgehead atoms. The molecular weight excluding hydrogens is 1020 g/mol. The zero-order valence-corrected chi connectivity index (χ0v) is 47.8. The van der Waals surface area contributed by atoms with Gasteiger partial charge in [-0.2, -0.15) is 5.10 Å². The summed E-state index contributed by atoms with van der Waals surface area (Å²) < 4.78 is 36.9. The number of carbonyl (C=O) groups excluding carboxylic acids is 2. The number of anilines is 2. The van der Waals surface area contributed by atoms with Crippen LogP contribution in [0.25, 0.3) is 11.3 Å². The Labute approximate surface area is 473 Å². The number of aromatic nitrogens is 4. The molecule has 4 heterocycles. The Bertz CT molecular complexity index is 2490. The van der Waals surface area contributed by atoms with Gasteiger partial charge in [-0.15, -0.1) is 0 Å². The number of hydrogen-bond donors (Lipinski definition) is 3. The first kappa shape index (κ1) is 60.2. The van der Waals surface area contributed by atoms with Crippen LogP contribution in [0.5, 0.6) is 5.75 Å². The summed E-state index contributed by atoms with van der Waals surface area (Å²) in [5.41, 5.74) is 4.23. The van der Waals surface area contributed by atoms with Crippen molar-refractivity contribution in [2.24, 2.45) is 11.8 Å². The van der Waals surface area contributed by atoms with Gasteiger partial charge in [-0.3, -0.25) is 14.5 Å². The first-order valence-electron chi connectivity index (χ1n) is 29.3. The molecular formula is C60H88N10O10. The van der Waals surface area contributed by atoms with E-state index in [0.717, 1.165) is 124 Å². The zero-order chi connectivity index (χ0) is 56.1. The molecule has 2 aliphatic carbocycles. The zero-order valence-electron chi connectivity index (χ0n) is 47.8. The standard InChI is InChI=1S/C60H88N10O10/c1-44(67(4)60(73)74)56(71)65-55(48-13-9-6-10-14-48)58(72)69-30-26-47-25-29-68(43-54(47)69)28-24-45-15-19-50(20-16-45)79-39-37-77-35-33-75-31-32-76-34-36-78-38-40-80-51-21-17-49(18-22-51)63-59-61-27-23-53(64-59)52-41-62-70(57(52)66(2)3)42-46-11-7-5-8-12-46/h5,7-8,11-12,15-16,19-20,23,27,41,44,47-49,51,54-55H,6,9-10,13-14,17-18,21-22,24-26,28-40,42-43H2,1-4H3,(H,65,71)(H,73,74)(H,61,63,64)/t44-,47?,49?,51?,54?,55-/m0/s1. The Morgan fingerprint density at radius 1 is 0.750 bits per heavy atom. The fourth-order valence-electron chi connectivity index (χ4n) is 11.7. The minimum atomic E-state index is -1.17. The van der Waals surface area contributed by atoms with Crippen molar-refractivity contribution in [2.75, 3.05) is 124 Å². The molecule has 2 aromatic carbocycles. The van der Waals surface area contributed by atoms with Crippen LogP contribution >= 0.6 is 0 Å². The number of nitrogens with one attached hydrogen (secondary N) is 2. The van der Waals surface area contributed by atoms with E-state index in [0.29, 0.717) is 91.0 Å². The van der Waals surface area contributed by atoms with Crippen LogP contribution in [0.3, 0.4) is 0 Å². The van der Waals surface area contributed by atoms with Crippen LogP contribution in [0, 0.1) is 11.8 Å². The van der Waals surface area contributed by atoms with Crippen molar-refractivity contribution in [1.29, 1.82) is 0 Å². The average Bonchev–Trinajstić information content (AvgIpc) is 4.16. The molecule has 20 heteroatoms. The Morgan fingerprint density at radius 2 is 1.41 bits per heavy atom. The third-order valence-electron chi connectivity index (χ3n) is 16.4. The number of piperidine rings is 1. The molecule has 4 atom stereocenters. The predicted molar refractivity (Wildman–Crippen MR) is 306 cm³/mol. The van der Waals surface area contributed by atoms with E-state index < -0.39 is 24.1 Å². The first-order valence-corrected chi connectivity index (χ1v) is 29.3. The van der Waals surface area contributed by atoms with E-state index in [1.54, 1.807) is 6.92 Å².